The lowest BCUT2D eigenvalue weighted by molar-refractivity contribution is 0.630. The van der Waals surface area contributed by atoms with E-state index < -0.39 is 0 Å². The van der Waals surface area contributed by atoms with E-state index in [1.54, 1.807) is 6.07 Å². The summed E-state index contributed by atoms with van der Waals surface area (Å²) in [7, 11) is 0. The lowest BCUT2D eigenvalue weighted by atomic mass is 9.96. The van der Waals surface area contributed by atoms with Crippen LogP contribution in [-0.4, -0.2) is 14.2 Å². The zero-order valence-electron chi connectivity index (χ0n) is 24.2. The standard InChI is InChI=1S/C41H26FN3/c42-31-22-20-29-24-37(27-12-4-1-5-13-27)45-41(35(29)26-31)39(28-14-6-2-7-15-28)40(43-45)30-21-23-34-33-18-10-11-19-36(33)44(38(34)25-30)32-16-8-3-9-17-32/h1-26H. The first-order valence-corrected chi connectivity index (χ1v) is 15.1. The second-order valence-corrected chi connectivity index (χ2v) is 11.4. The molecule has 0 aliphatic carbocycles. The summed E-state index contributed by atoms with van der Waals surface area (Å²) < 4.78 is 19.2. The van der Waals surface area contributed by atoms with Crippen molar-refractivity contribution < 1.29 is 4.39 Å². The predicted molar refractivity (Wildman–Crippen MR) is 183 cm³/mol. The number of pyridine rings is 1. The summed E-state index contributed by atoms with van der Waals surface area (Å²) in [6.45, 7) is 0. The Balaban J connectivity index is 1.43. The molecule has 6 aromatic carbocycles. The molecule has 0 atom stereocenters. The minimum absolute atomic E-state index is 0.271. The molecule has 9 rings (SSSR count). The molecule has 0 fully saturated rings. The fourth-order valence-corrected chi connectivity index (χ4v) is 6.78. The Bertz CT molecular complexity index is 2530. The highest BCUT2D eigenvalue weighted by atomic mass is 19.1. The van der Waals surface area contributed by atoms with Crippen LogP contribution in [0.5, 0.6) is 0 Å². The second-order valence-electron chi connectivity index (χ2n) is 11.4. The molecular formula is C41H26FN3. The van der Waals surface area contributed by atoms with E-state index >= 15 is 0 Å². The molecule has 0 unspecified atom stereocenters. The third-order valence-electron chi connectivity index (χ3n) is 8.77. The molecule has 3 nitrogen and oxygen atoms in total. The summed E-state index contributed by atoms with van der Waals surface area (Å²) in [6, 6.07) is 53.4. The van der Waals surface area contributed by atoms with Gasteiger partial charge in [0.25, 0.3) is 0 Å². The molecule has 0 N–H and O–H groups in total. The Morgan fingerprint density at radius 2 is 1.16 bits per heavy atom. The highest BCUT2D eigenvalue weighted by Gasteiger charge is 2.23. The predicted octanol–water partition coefficient (Wildman–Crippen LogP) is 10.7. The number of aromatic nitrogens is 3. The average molecular weight is 580 g/mol. The van der Waals surface area contributed by atoms with Crippen molar-refractivity contribution in [3.8, 4) is 39.3 Å². The molecule has 9 aromatic rings. The van der Waals surface area contributed by atoms with Gasteiger partial charge in [-0.3, -0.25) is 0 Å². The summed E-state index contributed by atoms with van der Waals surface area (Å²) in [5.41, 5.74) is 10.1. The van der Waals surface area contributed by atoms with Crippen LogP contribution in [0.2, 0.25) is 0 Å². The molecule has 3 heterocycles. The van der Waals surface area contributed by atoms with E-state index in [1.165, 1.54) is 16.8 Å². The Morgan fingerprint density at radius 1 is 0.489 bits per heavy atom. The number of fused-ring (bicyclic) bond motifs is 6. The van der Waals surface area contributed by atoms with Gasteiger partial charge in [0.05, 0.1) is 22.2 Å². The molecule has 0 aliphatic heterocycles. The van der Waals surface area contributed by atoms with Gasteiger partial charge in [0.1, 0.15) is 11.5 Å². The summed E-state index contributed by atoms with van der Waals surface area (Å²) in [6.07, 6.45) is 0. The van der Waals surface area contributed by atoms with Gasteiger partial charge in [-0.25, -0.2) is 8.91 Å². The first-order chi connectivity index (χ1) is 22.2. The SMILES string of the molecule is Fc1ccc2cc(-c3ccccc3)n3nc(-c4ccc5c6ccccc6n(-c6ccccc6)c5c4)c(-c4ccccc4)c3c2c1. The van der Waals surface area contributed by atoms with Crippen molar-refractivity contribution in [1.29, 1.82) is 0 Å². The van der Waals surface area contributed by atoms with Crippen LogP contribution in [-0.2, 0) is 0 Å². The number of benzene rings is 6. The molecule has 0 saturated heterocycles. The van der Waals surface area contributed by atoms with Crippen molar-refractivity contribution in [2.75, 3.05) is 0 Å². The van der Waals surface area contributed by atoms with Crippen LogP contribution in [0.15, 0.2) is 158 Å². The van der Waals surface area contributed by atoms with E-state index in [2.05, 4.69) is 102 Å². The monoisotopic (exact) mass is 579 g/mol. The van der Waals surface area contributed by atoms with Crippen LogP contribution in [0, 0.1) is 5.82 Å². The molecule has 4 heteroatoms. The summed E-state index contributed by atoms with van der Waals surface area (Å²) in [5, 5.41) is 9.54. The minimum atomic E-state index is -0.271. The third-order valence-corrected chi connectivity index (χ3v) is 8.77. The molecule has 45 heavy (non-hydrogen) atoms. The molecule has 0 amide bonds. The van der Waals surface area contributed by atoms with Gasteiger partial charge in [-0.2, -0.15) is 5.10 Å². The molecule has 0 spiro atoms. The van der Waals surface area contributed by atoms with E-state index in [0.717, 1.165) is 66.7 Å². The Hall–Kier alpha value is -6.00. The summed E-state index contributed by atoms with van der Waals surface area (Å²) >= 11 is 0. The van der Waals surface area contributed by atoms with E-state index in [9.17, 15) is 4.39 Å². The number of nitrogens with zero attached hydrogens (tertiary/aromatic N) is 3. The highest BCUT2D eigenvalue weighted by molar-refractivity contribution is 6.12. The molecule has 0 aliphatic rings. The lowest BCUT2D eigenvalue weighted by Gasteiger charge is -2.11. The van der Waals surface area contributed by atoms with Gasteiger partial charge >= 0.3 is 0 Å². The maximum absolute atomic E-state index is 14.9. The Kier molecular flexibility index (Phi) is 5.69. The first kappa shape index (κ1) is 25.5. The third kappa shape index (κ3) is 4.00. The van der Waals surface area contributed by atoms with Gasteiger partial charge in [-0.1, -0.05) is 115 Å². The van der Waals surface area contributed by atoms with Crippen molar-refractivity contribution in [2.45, 2.75) is 0 Å². The summed E-state index contributed by atoms with van der Waals surface area (Å²) in [4.78, 5) is 0. The maximum atomic E-state index is 14.9. The minimum Gasteiger partial charge on any atom is -0.309 e. The number of halogens is 1. The molecule has 0 bridgehead atoms. The molecule has 3 aromatic heterocycles. The Labute approximate surface area is 259 Å². The molecule has 0 radical (unpaired) electrons. The lowest BCUT2D eigenvalue weighted by Crippen LogP contribution is -1.96. The van der Waals surface area contributed by atoms with Crippen molar-refractivity contribution in [3.05, 3.63) is 164 Å². The van der Waals surface area contributed by atoms with Crippen molar-refractivity contribution in [1.82, 2.24) is 14.2 Å². The summed E-state index contributed by atoms with van der Waals surface area (Å²) in [5.74, 6) is -0.271. The van der Waals surface area contributed by atoms with Crippen LogP contribution < -0.4 is 0 Å². The van der Waals surface area contributed by atoms with E-state index in [-0.39, 0.29) is 5.82 Å². The van der Waals surface area contributed by atoms with Gasteiger partial charge in [0.2, 0.25) is 0 Å². The molecule has 212 valence electrons. The van der Waals surface area contributed by atoms with Crippen LogP contribution in [0.25, 0.3) is 77.4 Å². The first-order valence-electron chi connectivity index (χ1n) is 15.1. The topological polar surface area (TPSA) is 22.2 Å². The van der Waals surface area contributed by atoms with Gasteiger partial charge < -0.3 is 4.57 Å². The van der Waals surface area contributed by atoms with Crippen LogP contribution >= 0.6 is 0 Å². The largest absolute Gasteiger partial charge is 0.309 e. The van der Waals surface area contributed by atoms with Gasteiger partial charge in [-0.15, -0.1) is 0 Å². The molecule has 0 saturated carbocycles. The van der Waals surface area contributed by atoms with Crippen molar-refractivity contribution >= 4 is 38.1 Å². The number of rotatable bonds is 4. The number of para-hydroxylation sites is 2. The fraction of sp³-hybridized carbons (Fsp3) is 0. The normalized spacial score (nSPS) is 11.7. The van der Waals surface area contributed by atoms with Gasteiger partial charge in [0.15, 0.2) is 0 Å². The zero-order valence-corrected chi connectivity index (χ0v) is 24.2. The van der Waals surface area contributed by atoms with Gasteiger partial charge in [0, 0.05) is 38.5 Å². The Morgan fingerprint density at radius 3 is 1.93 bits per heavy atom. The smallest absolute Gasteiger partial charge is 0.123 e. The van der Waals surface area contributed by atoms with Crippen LogP contribution in [0.3, 0.4) is 0 Å². The highest BCUT2D eigenvalue weighted by Crippen LogP contribution is 2.42. The van der Waals surface area contributed by atoms with Crippen molar-refractivity contribution in [3.63, 3.8) is 0 Å². The van der Waals surface area contributed by atoms with Crippen LogP contribution in [0.4, 0.5) is 4.39 Å². The maximum Gasteiger partial charge on any atom is 0.123 e. The quantitative estimate of drug-likeness (QED) is 0.203. The second kappa shape index (κ2) is 10.0. The molecular weight excluding hydrogens is 553 g/mol. The number of hydrogen-bond acceptors (Lipinski definition) is 1. The number of hydrogen-bond donors (Lipinski definition) is 0. The fourth-order valence-electron chi connectivity index (χ4n) is 6.78. The average Bonchev–Trinajstić information content (AvgIpc) is 3.66. The zero-order chi connectivity index (χ0) is 29.9. The van der Waals surface area contributed by atoms with E-state index in [4.69, 9.17) is 5.10 Å². The van der Waals surface area contributed by atoms with Gasteiger partial charge in [-0.05, 0) is 53.4 Å². The van der Waals surface area contributed by atoms with Crippen molar-refractivity contribution in [2.24, 2.45) is 0 Å². The van der Waals surface area contributed by atoms with Crippen LogP contribution in [0.1, 0.15) is 0 Å². The van der Waals surface area contributed by atoms with E-state index in [0.29, 0.717) is 0 Å². The van der Waals surface area contributed by atoms with E-state index in [1.807, 2.05) is 53.0 Å².